The van der Waals surface area contributed by atoms with Crippen molar-refractivity contribution in [3.63, 3.8) is 0 Å². The molecule has 7 heteroatoms. The molecule has 3 heterocycles. The third kappa shape index (κ3) is 3.67. The summed E-state index contributed by atoms with van der Waals surface area (Å²) >= 11 is 0. The molecule has 0 saturated heterocycles. The number of anilines is 1. The van der Waals surface area contributed by atoms with Crippen LogP contribution < -0.4 is 11.3 Å². The van der Waals surface area contributed by atoms with E-state index < -0.39 is 0 Å². The van der Waals surface area contributed by atoms with Crippen LogP contribution in [0, 0.1) is 0 Å². The summed E-state index contributed by atoms with van der Waals surface area (Å²) in [5.41, 5.74) is 7.59. The molecule has 0 fully saturated rings. The summed E-state index contributed by atoms with van der Waals surface area (Å²) in [6.45, 7) is 6.16. The Kier molecular flexibility index (Phi) is 5.21. The van der Waals surface area contributed by atoms with Gasteiger partial charge in [0.05, 0.1) is 6.26 Å². The number of nitrogen functional groups attached to an aromatic ring is 1. The van der Waals surface area contributed by atoms with Crippen LogP contribution in [0.1, 0.15) is 19.0 Å². The molecule has 0 aliphatic carbocycles. The van der Waals surface area contributed by atoms with Gasteiger partial charge in [-0.15, -0.1) is 0 Å². The van der Waals surface area contributed by atoms with Crippen molar-refractivity contribution in [1.82, 2.24) is 14.5 Å². The highest BCUT2D eigenvalue weighted by molar-refractivity contribution is 5.86. The second-order valence-electron chi connectivity index (χ2n) is 5.87. The fraction of sp³-hybridized carbons (Fsp3) is 0.150. The van der Waals surface area contributed by atoms with Crippen molar-refractivity contribution < 1.29 is 9.52 Å². The topological polar surface area (TPSA) is 107 Å². The third-order valence-electron chi connectivity index (χ3n) is 3.94. The molecule has 3 rings (SSSR count). The van der Waals surface area contributed by atoms with Crippen LogP contribution in [0.5, 0.6) is 0 Å². The standard InChI is InChI=1S/C20H20N4O3/c1-3-6-14(25)18-17(13-8-9-16(26)24(12-13)10-4-2)19(23-20(21)22-18)15-7-5-11-27-15/h3,5-9,11-12,25H,1,4,10H2,2H3,(H2,21,22,23)/b14-6-. The second kappa shape index (κ2) is 7.74. The number of pyridine rings is 1. The minimum absolute atomic E-state index is 0.00829. The Morgan fingerprint density at radius 2 is 2.19 bits per heavy atom. The summed E-state index contributed by atoms with van der Waals surface area (Å²) < 4.78 is 7.10. The zero-order valence-electron chi connectivity index (χ0n) is 14.9. The highest BCUT2D eigenvalue weighted by Gasteiger charge is 2.21. The molecule has 3 N–H and O–H groups in total. The molecule has 27 heavy (non-hydrogen) atoms. The lowest BCUT2D eigenvalue weighted by Gasteiger charge is -2.14. The van der Waals surface area contributed by atoms with Gasteiger partial charge in [-0.05, 0) is 30.7 Å². The lowest BCUT2D eigenvalue weighted by molar-refractivity contribution is 0.509. The van der Waals surface area contributed by atoms with Gasteiger partial charge in [0.25, 0.3) is 5.56 Å². The largest absolute Gasteiger partial charge is 0.506 e. The van der Waals surface area contributed by atoms with Crippen molar-refractivity contribution in [3.05, 3.63) is 71.5 Å². The van der Waals surface area contributed by atoms with Crippen LogP contribution in [0.3, 0.4) is 0 Å². The monoisotopic (exact) mass is 364 g/mol. The number of nitrogens with zero attached hydrogens (tertiary/aromatic N) is 3. The summed E-state index contributed by atoms with van der Waals surface area (Å²) in [6, 6.07) is 6.62. The molecule has 0 spiro atoms. The van der Waals surface area contributed by atoms with Gasteiger partial charge < -0.3 is 19.8 Å². The number of allylic oxidation sites excluding steroid dienone is 2. The predicted molar refractivity (Wildman–Crippen MR) is 105 cm³/mol. The van der Waals surface area contributed by atoms with Crippen LogP contribution in [0.4, 0.5) is 5.95 Å². The molecule has 7 nitrogen and oxygen atoms in total. The van der Waals surface area contributed by atoms with Gasteiger partial charge in [-0.3, -0.25) is 4.79 Å². The molecule has 3 aromatic rings. The van der Waals surface area contributed by atoms with Gasteiger partial charge in [-0.25, -0.2) is 9.97 Å². The normalized spacial score (nSPS) is 11.5. The number of nitrogens with two attached hydrogens (primary N) is 1. The quantitative estimate of drug-likeness (QED) is 0.511. The lowest BCUT2D eigenvalue weighted by atomic mass is 10.0. The van der Waals surface area contributed by atoms with Gasteiger partial charge in [-0.1, -0.05) is 19.6 Å². The van der Waals surface area contributed by atoms with Gasteiger partial charge in [0.15, 0.2) is 5.76 Å². The molecular weight excluding hydrogens is 344 g/mol. The molecule has 3 aromatic heterocycles. The van der Waals surface area contributed by atoms with Crippen LogP contribution in [0.2, 0.25) is 0 Å². The van der Waals surface area contributed by atoms with E-state index in [1.165, 1.54) is 24.5 Å². The van der Waals surface area contributed by atoms with Crippen molar-refractivity contribution >= 4 is 11.7 Å². The van der Waals surface area contributed by atoms with E-state index in [4.69, 9.17) is 10.2 Å². The Labute approximate surface area is 156 Å². The van der Waals surface area contributed by atoms with Gasteiger partial charge in [-0.2, -0.15) is 0 Å². The molecule has 0 aromatic carbocycles. The minimum atomic E-state index is -0.116. The Hall–Kier alpha value is -3.61. The Bertz CT molecular complexity index is 1050. The Morgan fingerprint density at radius 3 is 2.85 bits per heavy atom. The first-order chi connectivity index (χ1) is 13.0. The van der Waals surface area contributed by atoms with Crippen molar-refractivity contribution in [2.75, 3.05) is 5.73 Å². The molecule has 0 saturated carbocycles. The number of rotatable bonds is 6. The van der Waals surface area contributed by atoms with Crippen molar-refractivity contribution in [2.45, 2.75) is 19.9 Å². The molecule has 0 bridgehead atoms. The van der Waals surface area contributed by atoms with Crippen LogP contribution in [-0.2, 0) is 6.54 Å². The van der Waals surface area contributed by atoms with Crippen LogP contribution in [0.15, 0.2) is 64.7 Å². The fourth-order valence-corrected chi connectivity index (χ4v) is 2.81. The highest BCUT2D eigenvalue weighted by Crippen LogP contribution is 2.35. The SMILES string of the molecule is C=C/C=C(\O)c1nc(N)nc(-c2ccco2)c1-c1ccc(=O)n(CCC)c1. The summed E-state index contributed by atoms with van der Waals surface area (Å²) in [6.07, 6.45) is 6.91. The maximum absolute atomic E-state index is 12.1. The number of aromatic nitrogens is 3. The summed E-state index contributed by atoms with van der Waals surface area (Å²) in [4.78, 5) is 20.6. The molecule has 0 atom stereocenters. The first-order valence-electron chi connectivity index (χ1n) is 8.49. The molecule has 0 aliphatic heterocycles. The van der Waals surface area contributed by atoms with E-state index in [-0.39, 0.29) is 23.0 Å². The van der Waals surface area contributed by atoms with Crippen molar-refractivity contribution in [1.29, 1.82) is 0 Å². The van der Waals surface area contributed by atoms with E-state index in [1.807, 2.05) is 6.92 Å². The van der Waals surface area contributed by atoms with E-state index in [0.717, 1.165) is 6.42 Å². The summed E-state index contributed by atoms with van der Waals surface area (Å²) in [7, 11) is 0. The number of aryl methyl sites for hydroxylation is 1. The number of aliphatic hydroxyl groups excluding tert-OH is 1. The fourth-order valence-electron chi connectivity index (χ4n) is 2.81. The summed E-state index contributed by atoms with van der Waals surface area (Å²) in [5.74, 6) is 0.348. The van der Waals surface area contributed by atoms with Crippen molar-refractivity contribution in [2.24, 2.45) is 0 Å². The van der Waals surface area contributed by atoms with Gasteiger partial charge >= 0.3 is 0 Å². The predicted octanol–water partition coefficient (Wildman–Crippen LogP) is 3.64. The molecule has 0 amide bonds. The number of hydrogen-bond acceptors (Lipinski definition) is 6. The van der Waals surface area contributed by atoms with Gasteiger partial charge in [0.2, 0.25) is 5.95 Å². The Balaban J connectivity index is 2.35. The maximum atomic E-state index is 12.1. The smallest absolute Gasteiger partial charge is 0.250 e. The van der Waals surface area contributed by atoms with Crippen molar-refractivity contribution in [3.8, 4) is 22.6 Å². The van der Waals surface area contributed by atoms with Crippen LogP contribution >= 0.6 is 0 Å². The summed E-state index contributed by atoms with van der Waals surface area (Å²) in [5, 5.41) is 10.5. The number of furan rings is 1. The average molecular weight is 364 g/mol. The number of hydrogen-bond donors (Lipinski definition) is 2. The van der Waals surface area contributed by atoms with E-state index in [2.05, 4.69) is 16.5 Å². The lowest BCUT2D eigenvalue weighted by Crippen LogP contribution is -2.18. The molecular formula is C20H20N4O3. The van der Waals surface area contributed by atoms with E-state index >= 15 is 0 Å². The van der Waals surface area contributed by atoms with E-state index in [9.17, 15) is 9.90 Å². The first kappa shape index (κ1) is 18.2. The van der Waals surface area contributed by atoms with Gasteiger partial charge in [0.1, 0.15) is 17.1 Å². The highest BCUT2D eigenvalue weighted by atomic mass is 16.3. The third-order valence-corrected chi connectivity index (χ3v) is 3.94. The second-order valence-corrected chi connectivity index (χ2v) is 5.87. The zero-order chi connectivity index (χ0) is 19.4. The zero-order valence-corrected chi connectivity index (χ0v) is 14.9. The van der Waals surface area contributed by atoms with Gasteiger partial charge in [0, 0.05) is 29.9 Å². The molecule has 138 valence electrons. The molecule has 0 radical (unpaired) electrons. The Morgan fingerprint density at radius 1 is 1.37 bits per heavy atom. The molecule has 0 aliphatic rings. The van der Waals surface area contributed by atoms with Crippen LogP contribution in [-0.4, -0.2) is 19.6 Å². The minimum Gasteiger partial charge on any atom is -0.506 e. The van der Waals surface area contributed by atoms with Crippen LogP contribution in [0.25, 0.3) is 28.3 Å². The first-order valence-corrected chi connectivity index (χ1v) is 8.49. The molecule has 0 unspecified atom stereocenters. The van der Waals surface area contributed by atoms with E-state index in [1.54, 1.807) is 29.0 Å². The number of aliphatic hydroxyl groups is 1. The maximum Gasteiger partial charge on any atom is 0.250 e. The van der Waals surface area contributed by atoms with E-state index in [0.29, 0.717) is 29.1 Å². The average Bonchev–Trinajstić information content (AvgIpc) is 3.18.